The molecule has 1 N–H and O–H groups in total. The number of piperidine rings is 1. The number of carbonyl (C=O) groups excluding carboxylic acids is 2. The van der Waals surface area contributed by atoms with E-state index in [2.05, 4.69) is 5.32 Å². The van der Waals surface area contributed by atoms with Crippen LogP contribution in [0.15, 0.2) is 0 Å². The van der Waals surface area contributed by atoms with Crippen LogP contribution in [0.1, 0.15) is 26.7 Å². The number of carbonyl (C=O) groups is 2. The van der Waals surface area contributed by atoms with E-state index in [4.69, 9.17) is 4.74 Å². The molecular formula is C14H25N3O3. The molecule has 2 saturated heterocycles. The number of imide groups is 1. The topological polar surface area (TPSA) is 61.9 Å². The van der Waals surface area contributed by atoms with Crippen LogP contribution in [0.4, 0.5) is 4.79 Å². The number of amides is 3. The number of methoxy groups -OCH3 is 1. The van der Waals surface area contributed by atoms with E-state index < -0.39 is 5.54 Å². The largest absolute Gasteiger partial charge is 0.383 e. The van der Waals surface area contributed by atoms with Crippen LogP contribution in [-0.2, 0) is 9.53 Å². The van der Waals surface area contributed by atoms with Crippen LogP contribution < -0.4 is 5.32 Å². The second-order valence-corrected chi connectivity index (χ2v) is 6.02. The zero-order valence-electron chi connectivity index (χ0n) is 12.6. The van der Waals surface area contributed by atoms with E-state index in [1.54, 1.807) is 12.0 Å². The highest BCUT2D eigenvalue weighted by Crippen LogP contribution is 2.35. The number of ether oxygens (including phenoxy) is 1. The highest BCUT2D eigenvalue weighted by atomic mass is 16.5. The first-order valence-electron chi connectivity index (χ1n) is 7.36. The fraction of sp³-hybridized carbons (Fsp3) is 0.857. The number of hydrogen-bond donors (Lipinski definition) is 1. The highest BCUT2D eigenvalue weighted by Gasteiger charge is 2.56. The van der Waals surface area contributed by atoms with Gasteiger partial charge in [-0.1, -0.05) is 13.8 Å². The van der Waals surface area contributed by atoms with Crippen molar-refractivity contribution in [3.05, 3.63) is 0 Å². The van der Waals surface area contributed by atoms with Crippen LogP contribution in [-0.4, -0.2) is 67.2 Å². The molecule has 20 heavy (non-hydrogen) atoms. The smallest absolute Gasteiger partial charge is 0.327 e. The maximum absolute atomic E-state index is 12.8. The minimum Gasteiger partial charge on any atom is -0.383 e. The summed E-state index contributed by atoms with van der Waals surface area (Å²) in [5.41, 5.74) is -0.643. The summed E-state index contributed by atoms with van der Waals surface area (Å²) in [6, 6.07) is -0.150. The Balaban J connectivity index is 2.25. The lowest BCUT2D eigenvalue weighted by Crippen LogP contribution is -2.56. The first kappa shape index (κ1) is 15.3. The summed E-state index contributed by atoms with van der Waals surface area (Å²) in [5, 5.41) is 3.26. The van der Waals surface area contributed by atoms with Gasteiger partial charge >= 0.3 is 6.03 Å². The molecular weight excluding hydrogens is 258 g/mol. The van der Waals surface area contributed by atoms with Gasteiger partial charge in [0.05, 0.1) is 6.61 Å². The Labute approximate surface area is 120 Å². The lowest BCUT2D eigenvalue weighted by Gasteiger charge is -2.38. The van der Waals surface area contributed by atoms with Crippen molar-refractivity contribution in [2.45, 2.75) is 32.2 Å². The molecule has 0 aliphatic carbocycles. The summed E-state index contributed by atoms with van der Waals surface area (Å²) < 4.78 is 5.10. The Hall–Kier alpha value is -1.14. The van der Waals surface area contributed by atoms with Crippen molar-refractivity contribution < 1.29 is 14.3 Å². The van der Waals surface area contributed by atoms with Crippen molar-refractivity contribution >= 4 is 11.9 Å². The van der Waals surface area contributed by atoms with Gasteiger partial charge in [-0.3, -0.25) is 9.69 Å². The molecule has 2 aliphatic rings. The van der Waals surface area contributed by atoms with E-state index in [9.17, 15) is 9.59 Å². The SMILES string of the molecule is COCCN1C(=O)N(CC(C)C)C(=O)C12CCNCC2. The van der Waals surface area contributed by atoms with Crippen LogP contribution in [0.25, 0.3) is 0 Å². The van der Waals surface area contributed by atoms with Crippen LogP contribution in [0.5, 0.6) is 0 Å². The summed E-state index contributed by atoms with van der Waals surface area (Å²) in [6.45, 7) is 7.03. The van der Waals surface area contributed by atoms with Crippen molar-refractivity contribution in [1.29, 1.82) is 0 Å². The van der Waals surface area contributed by atoms with E-state index in [0.717, 1.165) is 13.1 Å². The summed E-state index contributed by atoms with van der Waals surface area (Å²) in [4.78, 5) is 28.6. The van der Waals surface area contributed by atoms with Crippen LogP contribution in [0.3, 0.4) is 0 Å². The zero-order valence-corrected chi connectivity index (χ0v) is 12.6. The van der Waals surface area contributed by atoms with Gasteiger partial charge in [0, 0.05) is 20.2 Å². The summed E-state index contributed by atoms with van der Waals surface area (Å²) in [7, 11) is 1.61. The highest BCUT2D eigenvalue weighted by molar-refractivity contribution is 6.07. The van der Waals surface area contributed by atoms with Gasteiger partial charge in [-0.15, -0.1) is 0 Å². The van der Waals surface area contributed by atoms with Crippen molar-refractivity contribution in [3.8, 4) is 0 Å². The molecule has 0 aromatic rings. The van der Waals surface area contributed by atoms with E-state index in [1.807, 2.05) is 13.8 Å². The van der Waals surface area contributed by atoms with Gasteiger partial charge < -0.3 is 15.0 Å². The van der Waals surface area contributed by atoms with Gasteiger partial charge in [-0.25, -0.2) is 4.79 Å². The molecule has 6 nitrogen and oxygen atoms in total. The van der Waals surface area contributed by atoms with E-state index in [-0.39, 0.29) is 17.9 Å². The van der Waals surface area contributed by atoms with Crippen molar-refractivity contribution in [2.75, 3.05) is 39.9 Å². The van der Waals surface area contributed by atoms with Gasteiger partial charge in [-0.2, -0.15) is 0 Å². The van der Waals surface area contributed by atoms with Crippen molar-refractivity contribution in [2.24, 2.45) is 5.92 Å². The number of nitrogens with zero attached hydrogens (tertiary/aromatic N) is 2. The van der Waals surface area contributed by atoms with E-state index in [0.29, 0.717) is 32.5 Å². The Bertz CT molecular complexity index is 378. The molecule has 3 amide bonds. The molecule has 2 heterocycles. The fourth-order valence-corrected chi connectivity index (χ4v) is 3.12. The predicted molar refractivity (Wildman–Crippen MR) is 75.4 cm³/mol. The summed E-state index contributed by atoms with van der Waals surface area (Å²) in [6.07, 6.45) is 1.38. The number of hydrogen-bond acceptors (Lipinski definition) is 4. The average molecular weight is 283 g/mol. The molecule has 2 rings (SSSR count). The Morgan fingerprint density at radius 2 is 1.95 bits per heavy atom. The van der Waals surface area contributed by atoms with E-state index >= 15 is 0 Å². The first-order chi connectivity index (χ1) is 9.53. The van der Waals surface area contributed by atoms with Crippen LogP contribution in [0, 0.1) is 5.92 Å². The first-order valence-corrected chi connectivity index (χ1v) is 7.36. The Morgan fingerprint density at radius 1 is 1.30 bits per heavy atom. The van der Waals surface area contributed by atoms with Gasteiger partial charge in [0.15, 0.2) is 0 Å². The number of rotatable bonds is 5. The second-order valence-electron chi connectivity index (χ2n) is 6.02. The van der Waals surface area contributed by atoms with Crippen LogP contribution >= 0.6 is 0 Å². The van der Waals surface area contributed by atoms with Gasteiger partial charge in [0.1, 0.15) is 5.54 Å². The maximum atomic E-state index is 12.8. The standard InChI is InChI=1S/C14H25N3O3/c1-11(2)10-16-12(18)14(4-6-15-7-5-14)17(13(16)19)8-9-20-3/h11,15H,4-10H2,1-3H3. The molecule has 2 aliphatic heterocycles. The summed E-state index contributed by atoms with van der Waals surface area (Å²) >= 11 is 0. The normalized spacial score (nSPS) is 22.4. The quantitative estimate of drug-likeness (QED) is 0.754. The lowest BCUT2D eigenvalue weighted by molar-refractivity contribution is -0.135. The third-order valence-electron chi connectivity index (χ3n) is 4.12. The summed E-state index contributed by atoms with van der Waals surface area (Å²) in [5.74, 6) is 0.262. The fourth-order valence-electron chi connectivity index (χ4n) is 3.12. The average Bonchev–Trinajstić information content (AvgIpc) is 2.60. The molecule has 6 heteroatoms. The lowest BCUT2D eigenvalue weighted by atomic mass is 9.86. The number of urea groups is 1. The molecule has 0 atom stereocenters. The van der Waals surface area contributed by atoms with Gasteiger partial charge in [-0.05, 0) is 31.8 Å². The molecule has 114 valence electrons. The molecule has 0 radical (unpaired) electrons. The van der Waals surface area contributed by atoms with Crippen LogP contribution in [0.2, 0.25) is 0 Å². The minimum atomic E-state index is -0.643. The Morgan fingerprint density at radius 3 is 2.50 bits per heavy atom. The third-order valence-corrected chi connectivity index (χ3v) is 4.12. The minimum absolute atomic E-state index is 0.0196. The molecule has 0 aromatic carbocycles. The zero-order chi connectivity index (χ0) is 14.8. The molecule has 0 unspecified atom stereocenters. The molecule has 0 saturated carbocycles. The third kappa shape index (κ3) is 2.54. The van der Waals surface area contributed by atoms with E-state index in [1.165, 1.54) is 4.90 Å². The Kier molecular flexibility index (Phi) is 4.65. The monoisotopic (exact) mass is 283 g/mol. The maximum Gasteiger partial charge on any atom is 0.327 e. The predicted octanol–water partition coefficient (Wildman–Crippen LogP) is 0.675. The van der Waals surface area contributed by atoms with Crippen molar-refractivity contribution in [1.82, 2.24) is 15.1 Å². The van der Waals surface area contributed by atoms with Crippen molar-refractivity contribution in [3.63, 3.8) is 0 Å². The second kappa shape index (κ2) is 6.10. The van der Waals surface area contributed by atoms with Gasteiger partial charge in [0.2, 0.25) is 0 Å². The molecule has 1 spiro atoms. The molecule has 0 aromatic heterocycles. The van der Waals surface area contributed by atoms with Gasteiger partial charge in [0.25, 0.3) is 5.91 Å². The molecule has 0 bridgehead atoms. The molecule has 2 fully saturated rings. The number of nitrogens with one attached hydrogen (secondary N) is 1.